The summed E-state index contributed by atoms with van der Waals surface area (Å²) in [5.41, 5.74) is 5.31. The molecule has 1 aromatic rings. The van der Waals surface area contributed by atoms with Crippen LogP contribution in [0.5, 0.6) is 0 Å². The van der Waals surface area contributed by atoms with E-state index in [1.165, 1.54) is 11.8 Å². The molecule has 6 heteroatoms. The van der Waals surface area contributed by atoms with Gasteiger partial charge in [-0.3, -0.25) is 0 Å². The van der Waals surface area contributed by atoms with Crippen molar-refractivity contribution < 1.29 is 5.21 Å². The van der Waals surface area contributed by atoms with Crippen LogP contribution in [0.1, 0.15) is 6.42 Å². The number of halogens is 1. The van der Waals surface area contributed by atoms with E-state index in [1.807, 2.05) is 6.07 Å². The maximum atomic E-state index is 8.29. The molecule has 76 valence electrons. The highest BCUT2D eigenvalue weighted by atomic mass is 35.5. The molecule has 0 amide bonds. The van der Waals surface area contributed by atoms with Crippen LogP contribution in [0.2, 0.25) is 5.02 Å². The summed E-state index contributed by atoms with van der Waals surface area (Å²) in [4.78, 5) is 4.09. The number of hydrogen-bond acceptors (Lipinski definition) is 4. The van der Waals surface area contributed by atoms with Gasteiger partial charge in [0, 0.05) is 18.4 Å². The van der Waals surface area contributed by atoms with Gasteiger partial charge >= 0.3 is 0 Å². The van der Waals surface area contributed by atoms with E-state index < -0.39 is 0 Å². The van der Waals surface area contributed by atoms with E-state index in [1.54, 1.807) is 12.3 Å². The molecule has 1 rings (SSSR count). The van der Waals surface area contributed by atoms with E-state index in [2.05, 4.69) is 10.1 Å². The SMILES string of the molecule is NC(CCSc1ccc(Cl)cn1)=NO. The van der Waals surface area contributed by atoms with Crippen LogP contribution in [0.25, 0.3) is 0 Å². The van der Waals surface area contributed by atoms with Crippen LogP contribution in [0.15, 0.2) is 28.5 Å². The van der Waals surface area contributed by atoms with Crippen LogP contribution in [-0.4, -0.2) is 21.8 Å². The fourth-order valence-electron chi connectivity index (χ4n) is 0.758. The van der Waals surface area contributed by atoms with Crippen LogP contribution < -0.4 is 5.73 Å². The minimum atomic E-state index is 0.228. The fraction of sp³-hybridized carbons (Fsp3) is 0.250. The van der Waals surface area contributed by atoms with E-state index in [4.69, 9.17) is 22.5 Å². The van der Waals surface area contributed by atoms with Gasteiger partial charge in [0.2, 0.25) is 0 Å². The molecule has 0 spiro atoms. The van der Waals surface area contributed by atoms with Crippen LogP contribution in [0, 0.1) is 0 Å². The molecule has 0 unspecified atom stereocenters. The molecule has 0 atom stereocenters. The maximum Gasteiger partial charge on any atom is 0.139 e. The van der Waals surface area contributed by atoms with E-state index >= 15 is 0 Å². The van der Waals surface area contributed by atoms with Gasteiger partial charge in [-0.05, 0) is 12.1 Å². The van der Waals surface area contributed by atoms with E-state index in [0.29, 0.717) is 11.4 Å². The van der Waals surface area contributed by atoms with Crippen molar-refractivity contribution in [1.29, 1.82) is 0 Å². The number of rotatable bonds is 4. The summed E-state index contributed by atoms with van der Waals surface area (Å²) in [5, 5.41) is 12.7. The van der Waals surface area contributed by atoms with Crippen LogP contribution >= 0.6 is 23.4 Å². The number of nitrogens with two attached hydrogens (primary N) is 1. The van der Waals surface area contributed by atoms with Crippen molar-refractivity contribution in [3.8, 4) is 0 Å². The maximum absolute atomic E-state index is 8.29. The second kappa shape index (κ2) is 5.72. The third-order valence-electron chi connectivity index (χ3n) is 1.44. The fourth-order valence-corrected chi connectivity index (χ4v) is 1.68. The summed E-state index contributed by atoms with van der Waals surface area (Å²) < 4.78 is 0. The predicted molar refractivity (Wildman–Crippen MR) is 58.0 cm³/mol. The van der Waals surface area contributed by atoms with Crippen LogP contribution in [0.3, 0.4) is 0 Å². The van der Waals surface area contributed by atoms with Crippen molar-refractivity contribution in [2.24, 2.45) is 10.9 Å². The quantitative estimate of drug-likeness (QED) is 0.273. The Labute approximate surface area is 91.2 Å². The zero-order valence-corrected chi connectivity index (χ0v) is 8.92. The topological polar surface area (TPSA) is 71.5 Å². The number of thioether (sulfide) groups is 1. The second-order valence-electron chi connectivity index (χ2n) is 2.50. The molecule has 0 aliphatic carbocycles. The third kappa shape index (κ3) is 3.85. The van der Waals surface area contributed by atoms with Gasteiger partial charge in [-0.25, -0.2) is 4.98 Å². The largest absolute Gasteiger partial charge is 0.409 e. The van der Waals surface area contributed by atoms with Gasteiger partial charge in [0.1, 0.15) is 5.84 Å². The van der Waals surface area contributed by atoms with Gasteiger partial charge in [-0.15, -0.1) is 11.8 Å². The van der Waals surface area contributed by atoms with E-state index in [9.17, 15) is 0 Å². The average molecular weight is 232 g/mol. The molecule has 0 bridgehead atoms. The summed E-state index contributed by atoms with van der Waals surface area (Å²) in [5.74, 6) is 0.955. The lowest BCUT2D eigenvalue weighted by molar-refractivity contribution is 0.317. The number of aromatic nitrogens is 1. The summed E-state index contributed by atoms with van der Waals surface area (Å²) in [6.45, 7) is 0. The van der Waals surface area contributed by atoms with Gasteiger partial charge < -0.3 is 10.9 Å². The molecule has 0 saturated heterocycles. The Kier molecular flexibility index (Phi) is 4.55. The average Bonchev–Trinajstić information content (AvgIpc) is 2.21. The highest BCUT2D eigenvalue weighted by Crippen LogP contribution is 2.17. The highest BCUT2D eigenvalue weighted by Gasteiger charge is 1.97. The van der Waals surface area contributed by atoms with Crippen LogP contribution in [-0.2, 0) is 0 Å². The van der Waals surface area contributed by atoms with Crippen molar-refractivity contribution in [1.82, 2.24) is 4.98 Å². The number of oxime groups is 1. The first-order valence-corrected chi connectivity index (χ1v) is 5.29. The molecule has 0 aromatic carbocycles. The molecule has 0 fully saturated rings. The van der Waals surface area contributed by atoms with Crippen molar-refractivity contribution >= 4 is 29.2 Å². The normalized spacial score (nSPS) is 11.6. The second-order valence-corrected chi connectivity index (χ2v) is 4.06. The zero-order valence-electron chi connectivity index (χ0n) is 7.35. The minimum absolute atomic E-state index is 0.228. The molecule has 0 aliphatic rings. The first kappa shape index (κ1) is 11.1. The molecular weight excluding hydrogens is 222 g/mol. The standard InChI is InChI=1S/C8H10ClN3OS/c9-6-1-2-8(11-5-6)14-4-3-7(10)12-13/h1-2,5,13H,3-4H2,(H2,10,12). The van der Waals surface area contributed by atoms with Crippen molar-refractivity contribution in [3.05, 3.63) is 23.4 Å². The summed E-state index contributed by atoms with van der Waals surface area (Å²) in [6, 6.07) is 3.61. The van der Waals surface area contributed by atoms with Crippen molar-refractivity contribution in [2.45, 2.75) is 11.4 Å². The summed E-state index contributed by atoms with van der Waals surface area (Å²) >= 11 is 7.21. The molecule has 1 aromatic heterocycles. The Morgan fingerprint density at radius 1 is 1.64 bits per heavy atom. The van der Waals surface area contributed by atoms with E-state index in [0.717, 1.165) is 10.8 Å². The molecule has 0 aliphatic heterocycles. The Morgan fingerprint density at radius 3 is 3.00 bits per heavy atom. The third-order valence-corrected chi connectivity index (χ3v) is 2.61. The molecular formula is C8H10ClN3OS. The highest BCUT2D eigenvalue weighted by molar-refractivity contribution is 7.99. The van der Waals surface area contributed by atoms with Gasteiger partial charge in [-0.2, -0.15) is 0 Å². The monoisotopic (exact) mass is 231 g/mol. The number of amidine groups is 1. The first-order chi connectivity index (χ1) is 6.72. The Hall–Kier alpha value is -0.940. The molecule has 0 radical (unpaired) electrons. The molecule has 3 N–H and O–H groups in total. The van der Waals surface area contributed by atoms with Gasteiger partial charge in [-0.1, -0.05) is 16.8 Å². The number of pyridine rings is 1. The number of hydrogen-bond donors (Lipinski definition) is 2. The van der Waals surface area contributed by atoms with Crippen LogP contribution in [0.4, 0.5) is 0 Å². The Bertz CT molecular complexity index is 315. The predicted octanol–water partition coefficient (Wildman–Crippen LogP) is 1.96. The summed E-state index contributed by atoms with van der Waals surface area (Å²) in [7, 11) is 0. The lowest BCUT2D eigenvalue weighted by atomic mass is 10.5. The molecule has 4 nitrogen and oxygen atoms in total. The lowest BCUT2D eigenvalue weighted by Crippen LogP contribution is -2.11. The number of nitrogens with zero attached hydrogens (tertiary/aromatic N) is 2. The van der Waals surface area contributed by atoms with Gasteiger partial charge in [0.15, 0.2) is 0 Å². The molecule has 1 heterocycles. The Balaban J connectivity index is 2.35. The first-order valence-electron chi connectivity index (χ1n) is 3.93. The van der Waals surface area contributed by atoms with Crippen molar-refractivity contribution in [2.75, 3.05) is 5.75 Å². The smallest absolute Gasteiger partial charge is 0.139 e. The van der Waals surface area contributed by atoms with E-state index in [-0.39, 0.29) is 5.84 Å². The lowest BCUT2D eigenvalue weighted by Gasteiger charge is -1.99. The van der Waals surface area contributed by atoms with Gasteiger partial charge in [0.05, 0.1) is 10.0 Å². The summed E-state index contributed by atoms with van der Waals surface area (Å²) in [6.07, 6.45) is 2.12. The Morgan fingerprint density at radius 2 is 2.43 bits per heavy atom. The van der Waals surface area contributed by atoms with Gasteiger partial charge in [0.25, 0.3) is 0 Å². The van der Waals surface area contributed by atoms with Crippen molar-refractivity contribution in [3.63, 3.8) is 0 Å². The molecule has 0 saturated carbocycles. The minimum Gasteiger partial charge on any atom is -0.409 e. The zero-order chi connectivity index (χ0) is 10.4. The molecule has 14 heavy (non-hydrogen) atoms.